The van der Waals surface area contributed by atoms with Crippen molar-refractivity contribution in [3.05, 3.63) is 35.1 Å². The first-order valence-electron chi connectivity index (χ1n) is 4.46. The fraction of sp³-hybridized carbons (Fsp3) is 0.300. The van der Waals surface area contributed by atoms with Gasteiger partial charge in [0.05, 0.1) is 5.56 Å². The molecule has 0 spiro atoms. The molecule has 0 saturated carbocycles. The van der Waals surface area contributed by atoms with Crippen molar-refractivity contribution in [2.24, 2.45) is 5.73 Å². The van der Waals surface area contributed by atoms with Crippen molar-refractivity contribution in [1.82, 2.24) is 0 Å². The minimum atomic E-state index is -4.80. The van der Waals surface area contributed by atoms with Crippen LogP contribution in [0, 0.1) is 5.82 Å². The van der Waals surface area contributed by atoms with Crippen LogP contribution in [0.3, 0.4) is 0 Å². The molecule has 0 aromatic heterocycles. The molecule has 88 valence electrons. The fourth-order valence-electron chi connectivity index (χ4n) is 1.19. The standard InChI is InChI=1S/C10H9F4NO/c11-8-2-1-6(9(16)3-4-15)5-7(8)10(12,13)14/h1-2,5H,3-4,15H2. The Morgan fingerprint density at radius 1 is 1.31 bits per heavy atom. The Bertz CT molecular complexity index is 400. The number of nitrogens with two attached hydrogens (primary N) is 1. The van der Waals surface area contributed by atoms with E-state index in [1.165, 1.54) is 0 Å². The molecular formula is C10H9F4NO. The maximum atomic E-state index is 12.9. The number of benzene rings is 1. The molecule has 0 fully saturated rings. The molecule has 0 unspecified atom stereocenters. The lowest BCUT2D eigenvalue weighted by Crippen LogP contribution is -2.12. The molecule has 1 aromatic carbocycles. The van der Waals surface area contributed by atoms with Crippen molar-refractivity contribution in [3.8, 4) is 0 Å². The number of hydrogen-bond donors (Lipinski definition) is 1. The van der Waals surface area contributed by atoms with Crippen molar-refractivity contribution in [1.29, 1.82) is 0 Å². The lowest BCUT2D eigenvalue weighted by molar-refractivity contribution is -0.140. The third-order valence-corrected chi connectivity index (χ3v) is 1.97. The molecule has 1 rings (SSSR count). The Hall–Kier alpha value is -1.43. The van der Waals surface area contributed by atoms with E-state index in [4.69, 9.17) is 5.73 Å². The molecule has 6 heteroatoms. The lowest BCUT2D eigenvalue weighted by Gasteiger charge is -2.09. The highest BCUT2D eigenvalue weighted by Crippen LogP contribution is 2.32. The van der Waals surface area contributed by atoms with Gasteiger partial charge in [-0.3, -0.25) is 4.79 Å². The highest BCUT2D eigenvalue weighted by atomic mass is 19.4. The Balaban J connectivity index is 3.13. The third kappa shape index (κ3) is 2.79. The van der Waals surface area contributed by atoms with Gasteiger partial charge in [-0.1, -0.05) is 0 Å². The number of halogens is 4. The summed E-state index contributed by atoms with van der Waals surface area (Å²) < 4.78 is 49.8. The van der Waals surface area contributed by atoms with Crippen LogP contribution in [0.25, 0.3) is 0 Å². The molecule has 2 N–H and O–H groups in total. The van der Waals surface area contributed by atoms with Gasteiger partial charge in [0.2, 0.25) is 0 Å². The lowest BCUT2D eigenvalue weighted by atomic mass is 10.0. The van der Waals surface area contributed by atoms with Crippen LogP contribution < -0.4 is 5.73 Å². The van der Waals surface area contributed by atoms with E-state index >= 15 is 0 Å². The van der Waals surface area contributed by atoms with Gasteiger partial charge in [0.25, 0.3) is 0 Å². The summed E-state index contributed by atoms with van der Waals surface area (Å²) in [6, 6.07) is 2.16. The van der Waals surface area contributed by atoms with Gasteiger partial charge >= 0.3 is 6.18 Å². The van der Waals surface area contributed by atoms with Gasteiger partial charge in [0, 0.05) is 12.0 Å². The van der Waals surface area contributed by atoms with Crippen LogP contribution in [0.1, 0.15) is 22.3 Å². The highest BCUT2D eigenvalue weighted by molar-refractivity contribution is 5.96. The molecule has 0 atom stereocenters. The summed E-state index contributed by atoms with van der Waals surface area (Å²) in [4.78, 5) is 11.3. The molecule has 16 heavy (non-hydrogen) atoms. The number of alkyl halides is 3. The van der Waals surface area contributed by atoms with Crippen LogP contribution >= 0.6 is 0 Å². The topological polar surface area (TPSA) is 43.1 Å². The maximum Gasteiger partial charge on any atom is 0.419 e. The summed E-state index contributed by atoms with van der Waals surface area (Å²) in [6.07, 6.45) is -4.87. The van der Waals surface area contributed by atoms with E-state index in [-0.39, 0.29) is 18.5 Å². The van der Waals surface area contributed by atoms with E-state index in [0.717, 1.165) is 6.07 Å². The van der Waals surface area contributed by atoms with E-state index in [9.17, 15) is 22.4 Å². The first-order valence-corrected chi connectivity index (χ1v) is 4.46. The predicted octanol–water partition coefficient (Wildman–Crippen LogP) is 2.38. The minimum absolute atomic E-state index is 0.0392. The maximum absolute atomic E-state index is 12.9. The SMILES string of the molecule is NCCC(=O)c1ccc(F)c(C(F)(F)F)c1. The molecular weight excluding hydrogens is 226 g/mol. The van der Waals surface area contributed by atoms with Crippen LogP contribution in [-0.2, 0) is 6.18 Å². The zero-order chi connectivity index (χ0) is 12.3. The van der Waals surface area contributed by atoms with Crippen molar-refractivity contribution in [2.45, 2.75) is 12.6 Å². The summed E-state index contributed by atoms with van der Waals surface area (Å²) in [5.41, 5.74) is 3.49. The van der Waals surface area contributed by atoms with E-state index in [0.29, 0.717) is 12.1 Å². The van der Waals surface area contributed by atoms with Gasteiger partial charge in [0.15, 0.2) is 5.78 Å². The number of ketones is 1. The van der Waals surface area contributed by atoms with E-state index in [1.807, 2.05) is 0 Å². The van der Waals surface area contributed by atoms with Gasteiger partial charge in [-0.05, 0) is 24.7 Å². The average molecular weight is 235 g/mol. The molecule has 1 aromatic rings. The molecule has 0 saturated heterocycles. The van der Waals surface area contributed by atoms with Gasteiger partial charge in [0.1, 0.15) is 5.82 Å². The summed E-state index contributed by atoms with van der Waals surface area (Å²) in [5, 5.41) is 0. The molecule has 0 aliphatic rings. The third-order valence-electron chi connectivity index (χ3n) is 1.97. The van der Waals surface area contributed by atoms with E-state index in [2.05, 4.69) is 0 Å². The van der Waals surface area contributed by atoms with Gasteiger partial charge in [-0.15, -0.1) is 0 Å². The average Bonchev–Trinajstić information content (AvgIpc) is 2.16. The highest BCUT2D eigenvalue weighted by Gasteiger charge is 2.34. The number of carbonyl (C=O) groups is 1. The number of Topliss-reactive ketones (excluding diaryl/α,β-unsaturated/α-hetero) is 1. The molecule has 0 amide bonds. The predicted molar refractivity (Wildman–Crippen MR) is 49.4 cm³/mol. The smallest absolute Gasteiger partial charge is 0.330 e. The quantitative estimate of drug-likeness (QED) is 0.645. The normalized spacial score (nSPS) is 11.6. The molecule has 0 bridgehead atoms. The summed E-state index contributed by atoms with van der Waals surface area (Å²) >= 11 is 0. The summed E-state index contributed by atoms with van der Waals surface area (Å²) in [5.74, 6) is -1.93. The van der Waals surface area contributed by atoms with Crippen LogP contribution in [0.2, 0.25) is 0 Å². The Kier molecular flexibility index (Phi) is 3.64. The zero-order valence-electron chi connectivity index (χ0n) is 8.14. The van der Waals surface area contributed by atoms with Crippen LogP contribution in [0.15, 0.2) is 18.2 Å². The van der Waals surface area contributed by atoms with Crippen molar-refractivity contribution < 1.29 is 22.4 Å². The minimum Gasteiger partial charge on any atom is -0.330 e. The number of hydrogen-bond acceptors (Lipinski definition) is 2. The second kappa shape index (κ2) is 4.61. The van der Waals surface area contributed by atoms with E-state index < -0.39 is 23.3 Å². The molecule has 0 heterocycles. The van der Waals surface area contributed by atoms with Crippen molar-refractivity contribution >= 4 is 5.78 Å². The second-order valence-corrected chi connectivity index (χ2v) is 3.15. The van der Waals surface area contributed by atoms with Gasteiger partial charge in [-0.25, -0.2) is 4.39 Å². The first-order chi connectivity index (χ1) is 7.36. The molecule has 0 radical (unpaired) electrons. The van der Waals surface area contributed by atoms with Gasteiger partial charge in [-0.2, -0.15) is 13.2 Å². The van der Waals surface area contributed by atoms with Crippen molar-refractivity contribution in [3.63, 3.8) is 0 Å². The Morgan fingerprint density at radius 2 is 1.94 bits per heavy atom. The van der Waals surface area contributed by atoms with Crippen LogP contribution in [-0.4, -0.2) is 12.3 Å². The summed E-state index contributed by atoms with van der Waals surface area (Å²) in [6.45, 7) is 0.0392. The fourth-order valence-corrected chi connectivity index (χ4v) is 1.19. The summed E-state index contributed by atoms with van der Waals surface area (Å²) in [7, 11) is 0. The van der Waals surface area contributed by atoms with Gasteiger partial charge < -0.3 is 5.73 Å². The first kappa shape index (κ1) is 12.6. The second-order valence-electron chi connectivity index (χ2n) is 3.15. The zero-order valence-corrected chi connectivity index (χ0v) is 8.14. The Labute approximate surface area is 89.1 Å². The molecule has 2 nitrogen and oxygen atoms in total. The monoisotopic (exact) mass is 235 g/mol. The number of rotatable bonds is 3. The van der Waals surface area contributed by atoms with Crippen LogP contribution in [0.5, 0.6) is 0 Å². The number of carbonyl (C=O) groups excluding carboxylic acids is 1. The molecule has 0 aliphatic heterocycles. The van der Waals surface area contributed by atoms with Crippen LogP contribution in [0.4, 0.5) is 17.6 Å². The largest absolute Gasteiger partial charge is 0.419 e. The molecule has 0 aliphatic carbocycles. The van der Waals surface area contributed by atoms with E-state index in [1.54, 1.807) is 0 Å². The van der Waals surface area contributed by atoms with Crippen molar-refractivity contribution in [2.75, 3.05) is 6.54 Å². The Morgan fingerprint density at radius 3 is 2.44 bits per heavy atom.